The Morgan fingerprint density at radius 1 is 1.37 bits per heavy atom. The van der Waals surface area contributed by atoms with Crippen molar-refractivity contribution in [1.82, 2.24) is 15.1 Å². The third-order valence-corrected chi connectivity index (χ3v) is 4.27. The summed E-state index contributed by atoms with van der Waals surface area (Å²) in [5.74, 6) is 0. The molecule has 0 atom stereocenters. The predicted octanol–water partition coefficient (Wildman–Crippen LogP) is 1.14. The summed E-state index contributed by atoms with van der Waals surface area (Å²) in [6.45, 7) is 8.46. The van der Waals surface area contributed by atoms with Gasteiger partial charge >= 0.3 is 6.03 Å². The first-order valence-electron chi connectivity index (χ1n) is 6.86. The van der Waals surface area contributed by atoms with Gasteiger partial charge in [-0.1, -0.05) is 0 Å². The Morgan fingerprint density at radius 3 is 2.53 bits per heavy atom. The molecule has 0 aromatic heterocycles. The number of nitrogens with zero attached hydrogens (tertiary/aromatic N) is 3. The number of rotatable bonds is 3. The molecule has 2 N–H and O–H groups in total. The Kier molecular flexibility index (Phi) is 4.19. The second-order valence-electron chi connectivity index (χ2n) is 5.84. The molecule has 2 aliphatic rings. The van der Waals surface area contributed by atoms with Crippen LogP contribution < -0.4 is 5.32 Å². The standard InChI is InChI=1S/C13H23N5O/c1-11(2)17-5-3-13(4-6-17)7-18(8-13)12(19)16-10-15-9-14/h9-11H,3-8H2,1-2H3,(H2,14,15,16,19). The normalized spacial score (nSPS) is 22.8. The lowest BCUT2D eigenvalue weighted by Crippen LogP contribution is -2.63. The number of aliphatic imine (C=N–C) groups is 1. The minimum Gasteiger partial charge on any atom is -0.323 e. The molecular formula is C13H23N5O. The van der Waals surface area contributed by atoms with Gasteiger partial charge in [-0.15, -0.1) is 0 Å². The predicted molar refractivity (Wildman–Crippen MR) is 75.8 cm³/mol. The van der Waals surface area contributed by atoms with Crippen LogP contribution in [0.3, 0.4) is 0 Å². The molecule has 2 aliphatic heterocycles. The van der Waals surface area contributed by atoms with Gasteiger partial charge in [0.25, 0.3) is 0 Å². The van der Waals surface area contributed by atoms with Crippen LogP contribution in [0.5, 0.6) is 0 Å². The largest absolute Gasteiger partial charge is 0.323 e. The van der Waals surface area contributed by atoms with Crippen molar-refractivity contribution in [3.8, 4) is 0 Å². The number of likely N-dealkylation sites (tertiary alicyclic amines) is 2. The smallest absolute Gasteiger partial charge is 0.322 e. The Labute approximate surface area is 114 Å². The average molecular weight is 265 g/mol. The molecule has 1 spiro atoms. The minimum absolute atomic E-state index is 0.109. The molecule has 0 bridgehead atoms. The molecule has 106 valence electrons. The van der Waals surface area contributed by atoms with E-state index in [1.165, 1.54) is 19.2 Å². The maximum atomic E-state index is 11.7. The zero-order valence-corrected chi connectivity index (χ0v) is 11.7. The Bertz CT molecular complexity index is 363. The molecule has 0 saturated carbocycles. The highest BCUT2D eigenvalue weighted by Crippen LogP contribution is 2.40. The molecule has 0 aromatic rings. The van der Waals surface area contributed by atoms with Crippen molar-refractivity contribution in [2.75, 3.05) is 26.2 Å². The zero-order valence-electron chi connectivity index (χ0n) is 11.7. The molecule has 0 aromatic carbocycles. The van der Waals surface area contributed by atoms with E-state index in [0.717, 1.165) is 32.5 Å². The van der Waals surface area contributed by atoms with Gasteiger partial charge in [0.15, 0.2) is 0 Å². The number of urea groups is 1. The van der Waals surface area contributed by atoms with E-state index in [9.17, 15) is 4.79 Å². The van der Waals surface area contributed by atoms with E-state index in [4.69, 9.17) is 5.41 Å². The molecule has 6 heteroatoms. The molecule has 2 fully saturated rings. The Hall–Kier alpha value is -1.43. The van der Waals surface area contributed by atoms with Crippen molar-refractivity contribution in [2.24, 2.45) is 10.4 Å². The van der Waals surface area contributed by atoms with Crippen LogP contribution in [0.1, 0.15) is 26.7 Å². The van der Waals surface area contributed by atoms with Crippen molar-refractivity contribution in [3.63, 3.8) is 0 Å². The summed E-state index contributed by atoms with van der Waals surface area (Å²) in [5, 5.41) is 9.30. The van der Waals surface area contributed by atoms with Gasteiger partial charge < -0.3 is 9.80 Å². The van der Waals surface area contributed by atoms with Gasteiger partial charge in [-0.25, -0.2) is 9.79 Å². The van der Waals surface area contributed by atoms with Crippen LogP contribution in [-0.4, -0.2) is 60.7 Å². The molecule has 0 aliphatic carbocycles. The maximum absolute atomic E-state index is 11.7. The van der Waals surface area contributed by atoms with Gasteiger partial charge in [-0.2, -0.15) is 0 Å². The van der Waals surface area contributed by atoms with Crippen molar-refractivity contribution in [1.29, 1.82) is 5.41 Å². The monoisotopic (exact) mass is 265 g/mol. The summed E-state index contributed by atoms with van der Waals surface area (Å²) in [7, 11) is 0. The molecule has 0 unspecified atom stereocenters. The quantitative estimate of drug-likeness (QED) is 0.593. The van der Waals surface area contributed by atoms with Crippen LogP contribution in [0.25, 0.3) is 0 Å². The van der Waals surface area contributed by atoms with Crippen molar-refractivity contribution in [2.45, 2.75) is 32.7 Å². The maximum Gasteiger partial charge on any atom is 0.322 e. The molecule has 0 radical (unpaired) electrons. The highest BCUT2D eigenvalue weighted by atomic mass is 16.2. The van der Waals surface area contributed by atoms with E-state index in [1.54, 1.807) is 0 Å². The van der Waals surface area contributed by atoms with E-state index in [0.29, 0.717) is 11.5 Å². The van der Waals surface area contributed by atoms with Gasteiger partial charge in [0.1, 0.15) is 6.34 Å². The molecule has 2 saturated heterocycles. The van der Waals surface area contributed by atoms with E-state index < -0.39 is 0 Å². The first kappa shape index (κ1) is 14.0. The van der Waals surface area contributed by atoms with E-state index in [1.807, 2.05) is 4.90 Å². The highest BCUT2D eigenvalue weighted by molar-refractivity contribution is 5.88. The van der Waals surface area contributed by atoms with Crippen LogP contribution in [-0.2, 0) is 0 Å². The lowest BCUT2D eigenvalue weighted by Gasteiger charge is -2.54. The van der Waals surface area contributed by atoms with Crippen molar-refractivity contribution in [3.05, 3.63) is 0 Å². The first-order valence-corrected chi connectivity index (χ1v) is 6.86. The lowest BCUT2D eigenvalue weighted by molar-refractivity contribution is -0.0266. The number of piperidine rings is 1. The van der Waals surface area contributed by atoms with Crippen LogP contribution in [0, 0.1) is 10.8 Å². The van der Waals surface area contributed by atoms with Gasteiger partial charge in [-0.3, -0.25) is 10.7 Å². The number of nitrogens with one attached hydrogen (secondary N) is 2. The number of hydrogen-bond acceptors (Lipinski definition) is 3. The summed E-state index contributed by atoms with van der Waals surface area (Å²) in [6, 6.07) is 0.511. The summed E-state index contributed by atoms with van der Waals surface area (Å²) in [4.78, 5) is 19.6. The summed E-state index contributed by atoms with van der Waals surface area (Å²) < 4.78 is 0. The van der Waals surface area contributed by atoms with Crippen LogP contribution in [0.4, 0.5) is 4.79 Å². The number of carbonyl (C=O) groups is 1. The molecule has 2 rings (SSSR count). The van der Waals surface area contributed by atoms with Gasteiger partial charge in [0.05, 0.1) is 6.34 Å². The van der Waals surface area contributed by atoms with E-state index in [-0.39, 0.29) is 6.03 Å². The summed E-state index contributed by atoms with van der Waals surface area (Å²) >= 11 is 0. The van der Waals surface area contributed by atoms with Crippen LogP contribution in [0.2, 0.25) is 0 Å². The van der Waals surface area contributed by atoms with Crippen molar-refractivity contribution < 1.29 is 4.79 Å². The average Bonchev–Trinajstić information content (AvgIpc) is 2.36. The van der Waals surface area contributed by atoms with Crippen LogP contribution >= 0.6 is 0 Å². The van der Waals surface area contributed by atoms with Crippen molar-refractivity contribution >= 4 is 18.7 Å². The fourth-order valence-corrected chi connectivity index (χ4v) is 2.96. The fourth-order valence-electron chi connectivity index (χ4n) is 2.96. The highest BCUT2D eigenvalue weighted by Gasteiger charge is 2.46. The second kappa shape index (κ2) is 5.69. The fraction of sp³-hybridized carbons (Fsp3) is 0.769. The number of amides is 2. The van der Waals surface area contributed by atoms with Gasteiger partial charge in [-0.05, 0) is 39.8 Å². The van der Waals surface area contributed by atoms with Gasteiger partial charge in [0.2, 0.25) is 0 Å². The Morgan fingerprint density at radius 2 is 2.00 bits per heavy atom. The van der Waals surface area contributed by atoms with Crippen LogP contribution in [0.15, 0.2) is 4.99 Å². The summed E-state index contributed by atoms with van der Waals surface area (Å²) in [6.07, 6.45) is 4.54. The molecular weight excluding hydrogens is 242 g/mol. The molecule has 2 amide bonds. The van der Waals surface area contributed by atoms with E-state index >= 15 is 0 Å². The first-order chi connectivity index (χ1) is 9.06. The zero-order chi connectivity index (χ0) is 13.9. The topological polar surface area (TPSA) is 71.8 Å². The molecule has 6 nitrogen and oxygen atoms in total. The number of hydrogen-bond donors (Lipinski definition) is 2. The SMILES string of the molecule is CC(C)N1CCC2(CC1)CN(C(=O)NC=NC=N)C2. The van der Waals surface area contributed by atoms with E-state index in [2.05, 4.69) is 29.1 Å². The molecule has 2 heterocycles. The lowest BCUT2D eigenvalue weighted by atomic mass is 9.72. The Balaban J connectivity index is 1.75. The number of carbonyl (C=O) groups excluding carboxylic acids is 1. The minimum atomic E-state index is -0.109. The third kappa shape index (κ3) is 3.12. The van der Waals surface area contributed by atoms with Gasteiger partial charge in [0, 0.05) is 24.5 Å². The third-order valence-electron chi connectivity index (χ3n) is 4.27. The molecule has 19 heavy (non-hydrogen) atoms. The summed E-state index contributed by atoms with van der Waals surface area (Å²) in [5.41, 5.74) is 0.349. The second-order valence-corrected chi connectivity index (χ2v) is 5.84.